The van der Waals surface area contributed by atoms with Crippen molar-refractivity contribution in [2.24, 2.45) is 10.7 Å². The highest BCUT2D eigenvalue weighted by molar-refractivity contribution is 5.77. The maximum atomic E-state index is 5.83. The minimum absolute atomic E-state index is 0.502. The van der Waals surface area contributed by atoms with Gasteiger partial charge in [0.15, 0.2) is 5.96 Å². The van der Waals surface area contributed by atoms with Crippen molar-refractivity contribution in [3.05, 3.63) is 29.8 Å². The van der Waals surface area contributed by atoms with Gasteiger partial charge in [-0.25, -0.2) is 4.99 Å². The highest BCUT2D eigenvalue weighted by Crippen LogP contribution is 2.17. The number of methoxy groups -OCH3 is 1. The lowest BCUT2D eigenvalue weighted by molar-refractivity contribution is 0.410. The zero-order valence-electron chi connectivity index (χ0n) is 12.0. The van der Waals surface area contributed by atoms with E-state index in [0.29, 0.717) is 12.5 Å². The molecule has 0 saturated carbocycles. The number of nitrogens with one attached hydrogen (secondary N) is 1. The molecule has 1 aromatic rings. The van der Waals surface area contributed by atoms with Crippen LogP contribution in [0.4, 0.5) is 0 Å². The van der Waals surface area contributed by atoms with Crippen LogP contribution in [0.2, 0.25) is 0 Å². The summed E-state index contributed by atoms with van der Waals surface area (Å²) in [5.41, 5.74) is 6.87. The van der Waals surface area contributed by atoms with E-state index in [1.807, 2.05) is 24.3 Å². The molecule has 0 fully saturated rings. The number of guanidine groups is 1. The van der Waals surface area contributed by atoms with Crippen LogP contribution in [0.5, 0.6) is 5.75 Å². The van der Waals surface area contributed by atoms with Crippen molar-refractivity contribution in [1.29, 1.82) is 0 Å². The van der Waals surface area contributed by atoms with Gasteiger partial charge < -0.3 is 15.8 Å². The van der Waals surface area contributed by atoms with E-state index >= 15 is 0 Å². The number of rotatable bonds is 8. The molecule has 1 rings (SSSR count). The maximum absolute atomic E-state index is 5.83. The first-order chi connectivity index (χ1) is 9.27. The quantitative estimate of drug-likeness (QED) is 0.430. The van der Waals surface area contributed by atoms with Gasteiger partial charge >= 0.3 is 0 Å². The number of ether oxygens (including phenoxy) is 1. The summed E-state index contributed by atoms with van der Waals surface area (Å²) in [6, 6.07) is 7.85. The fourth-order valence-electron chi connectivity index (χ4n) is 1.83. The molecule has 0 bridgehead atoms. The summed E-state index contributed by atoms with van der Waals surface area (Å²) in [5, 5.41) is 3.14. The minimum atomic E-state index is 0.502. The average molecular weight is 263 g/mol. The molecule has 0 aromatic heterocycles. The molecule has 4 nitrogen and oxygen atoms in total. The third kappa shape index (κ3) is 6.13. The number of nitrogens with two attached hydrogens (primary N) is 1. The Bertz CT molecular complexity index is 391. The van der Waals surface area contributed by atoms with Crippen LogP contribution in [0.15, 0.2) is 29.3 Å². The van der Waals surface area contributed by atoms with E-state index < -0.39 is 0 Å². The van der Waals surface area contributed by atoms with E-state index in [4.69, 9.17) is 10.5 Å². The Hall–Kier alpha value is -1.71. The van der Waals surface area contributed by atoms with Crippen molar-refractivity contribution in [3.8, 4) is 5.75 Å². The lowest BCUT2D eigenvalue weighted by atomic mass is 10.2. The Balaban J connectivity index is 2.34. The zero-order chi connectivity index (χ0) is 13.9. The number of para-hydroxylation sites is 1. The summed E-state index contributed by atoms with van der Waals surface area (Å²) in [5.74, 6) is 1.35. The lowest BCUT2D eigenvalue weighted by Crippen LogP contribution is -2.32. The normalized spacial score (nSPS) is 11.4. The topological polar surface area (TPSA) is 59.6 Å². The van der Waals surface area contributed by atoms with Gasteiger partial charge in [-0.2, -0.15) is 0 Å². The van der Waals surface area contributed by atoms with Crippen molar-refractivity contribution >= 4 is 5.96 Å². The Morgan fingerprint density at radius 2 is 2.05 bits per heavy atom. The van der Waals surface area contributed by atoms with Gasteiger partial charge in [0.2, 0.25) is 0 Å². The number of hydrogen-bond acceptors (Lipinski definition) is 2. The largest absolute Gasteiger partial charge is 0.496 e. The SMILES string of the molecule is CCCCCCNC(N)=NCc1ccccc1OC. The first kappa shape index (κ1) is 15.3. The van der Waals surface area contributed by atoms with Crippen LogP contribution in [0.25, 0.3) is 0 Å². The molecule has 19 heavy (non-hydrogen) atoms. The predicted molar refractivity (Wildman–Crippen MR) is 80.5 cm³/mol. The van der Waals surface area contributed by atoms with Crippen molar-refractivity contribution in [1.82, 2.24) is 5.32 Å². The summed E-state index contributed by atoms with van der Waals surface area (Å²) in [4.78, 5) is 4.32. The van der Waals surface area contributed by atoms with Crippen LogP contribution in [0.3, 0.4) is 0 Å². The molecular formula is C15H25N3O. The maximum Gasteiger partial charge on any atom is 0.188 e. The molecule has 0 unspecified atom stereocenters. The molecule has 0 amide bonds. The predicted octanol–water partition coefficient (Wildman–Crippen LogP) is 2.68. The van der Waals surface area contributed by atoms with E-state index in [0.717, 1.165) is 24.3 Å². The lowest BCUT2D eigenvalue weighted by Gasteiger charge is -2.07. The monoisotopic (exact) mass is 263 g/mol. The third-order valence-corrected chi connectivity index (χ3v) is 2.95. The number of hydrogen-bond donors (Lipinski definition) is 2. The van der Waals surface area contributed by atoms with E-state index in [2.05, 4.69) is 17.2 Å². The van der Waals surface area contributed by atoms with Gasteiger partial charge in [-0.1, -0.05) is 44.4 Å². The average Bonchev–Trinajstić information content (AvgIpc) is 2.45. The highest BCUT2D eigenvalue weighted by atomic mass is 16.5. The molecule has 0 radical (unpaired) electrons. The number of benzene rings is 1. The second kappa shape index (κ2) is 9.25. The van der Waals surface area contributed by atoms with Crippen molar-refractivity contribution < 1.29 is 4.74 Å². The summed E-state index contributed by atoms with van der Waals surface area (Å²) < 4.78 is 5.27. The second-order valence-corrected chi connectivity index (χ2v) is 4.50. The van der Waals surface area contributed by atoms with Gasteiger partial charge in [0.1, 0.15) is 5.75 Å². The van der Waals surface area contributed by atoms with Crippen molar-refractivity contribution in [2.45, 2.75) is 39.2 Å². The molecule has 4 heteroatoms. The molecule has 0 aliphatic carbocycles. The molecule has 0 aliphatic rings. The number of aliphatic imine (C=N–C) groups is 1. The fraction of sp³-hybridized carbons (Fsp3) is 0.533. The molecule has 0 saturated heterocycles. The number of nitrogens with zero attached hydrogens (tertiary/aromatic N) is 1. The Morgan fingerprint density at radius 3 is 2.79 bits per heavy atom. The van der Waals surface area contributed by atoms with E-state index in [9.17, 15) is 0 Å². The van der Waals surface area contributed by atoms with Gasteiger partial charge in [-0.15, -0.1) is 0 Å². The number of unbranched alkanes of at least 4 members (excludes halogenated alkanes) is 3. The molecule has 106 valence electrons. The van der Waals surface area contributed by atoms with Crippen LogP contribution in [0.1, 0.15) is 38.2 Å². The first-order valence-electron chi connectivity index (χ1n) is 6.93. The first-order valence-corrected chi connectivity index (χ1v) is 6.93. The summed E-state index contributed by atoms with van der Waals surface area (Å²) in [7, 11) is 1.66. The molecule has 0 heterocycles. The van der Waals surface area contributed by atoms with Gasteiger partial charge in [0.05, 0.1) is 13.7 Å². The van der Waals surface area contributed by atoms with Gasteiger partial charge in [0.25, 0.3) is 0 Å². The van der Waals surface area contributed by atoms with E-state index in [-0.39, 0.29) is 0 Å². The van der Waals surface area contributed by atoms with Crippen LogP contribution in [-0.2, 0) is 6.54 Å². The van der Waals surface area contributed by atoms with Crippen molar-refractivity contribution in [2.75, 3.05) is 13.7 Å². The van der Waals surface area contributed by atoms with Crippen LogP contribution in [-0.4, -0.2) is 19.6 Å². The Morgan fingerprint density at radius 1 is 1.26 bits per heavy atom. The van der Waals surface area contributed by atoms with Gasteiger partial charge in [0, 0.05) is 12.1 Å². The van der Waals surface area contributed by atoms with Crippen molar-refractivity contribution in [3.63, 3.8) is 0 Å². The standard InChI is InChI=1S/C15H25N3O/c1-3-4-5-8-11-17-15(16)18-12-13-9-6-7-10-14(13)19-2/h6-7,9-10H,3-5,8,11-12H2,1-2H3,(H3,16,17,18). The zero-order valence-corrected chi connectivity index (χ0v) is 12.0. The van der Waals surface area contributed by atoms with Crippen LogP contribution in [0, 0.1) is 0 Å². The van der Waals surface area contributed by atoms with Crippen LogP contribution >= 0.6 is 0 Å². The second-order valence-electron chi connectivity index (χ2n) is 4.50. The minimum Gasteiger partial charge on any atom is -0.496 e. The molecule has 1 aromatic carbocycles. The molecule has 0 spiro atoms. The molecule has 0 aliphatic heterocycles. The molecular weight excluding hydrogens is 238 g/mol. The van der Waals surface area contributed by atoms with E-state index in [1.54, 1.807) is 7.11 Å². The molecule has 3 N–H and O–H groups in total. The fourth-order valence-corrected chi connectivity index (χ4v) is 1.83. The molecule has 0 atom stereocenters. The summed E-state index contributed by atoms with van der Waals surface area (Å²) >= 11 is 0. The Kier molecular flexibility index (Phi) is 7.47. The van der Waals surface area contributed by atoms with Crippen LogP contribution < -0.4 is 15.8 Å². The Labute approximate surface area is 116 Å². The van der Waals surface area contributed by atoms with Gasteiger partial charge in [-0.05, 0) is 12.5 Å². The van der Waals surface area contributed by atoms with E-state index in [1.165, 1.54) is 19.3 Å². The third-order valence-electron chi connectivity index (χ3n) is 2.95. The smallest absolute Gasteiger partial charge is 0.188 e. The highest BCUT2D eigenvalue weighted by Gasteiger charge is 2.00. The van der Waals surface area contributed by atoms with Gasteiger partial charge in [-0.3, -0.25) is 0 Å². The summed E-state index contributed by atoms with van der Waals surface area (Å²) in [6.45, 7) is 3.63. The summed E-state index contributed by atoms with van der Waals surface area (Å²) in [6.07, 6.45) is 4.90.